The molecule has 0 saturated carbocycles. The van der Waals surface area contributed by atoms with Gasteiger partial charge >= 0.3 is 12.0 Å². The molecular formula is C9H14N2O4. The quantitative estimate of drug-likeness (QED) is 0.502. The number of methoxy groups -OCH3 is 1. The van der Waals surface area contributed by atoms with Crippen molar-refractivity contribution >= 4 is 17.9 Å². The lowest BCUT2D eigenvalue weighted by molar-refractivity contribution is -0.151. The third kappa shape index (κ3) is 2.45. The lowest BCUT2D eigenvalue weighted by Crippen LogP contribution is -2.38. The number of carbonyl (C=O) groups is 3. The number of esters is 1. The van der Waals surface area contributed by atoms with Gasteiger partial charge in [-0.1, -0.05) is 0 Å². The van der Waals surface area contributed by atoms with E-state index in [1.54, 1.807) is 13.8 Å². The number of hydrogen-bond donors (Lipinski definition) is 2. The third-order valence-corrected chi connectivity index (χ3v) is 2.31. The SMILES string of the molecule is COC(=O)C(C)(C)CC1NC(=O)NC1=O. The number of amides is 3. The van der Waals surface area contributed by atoms with Gasteiger partial charge in [0.1, 0.15) is 6.04 Å². The summed E-state index contributed by atoms with van der Waals surface area (Å²) < 4.78 is 4.60. The van der Waals surface area contributed by atoms with Crippen molar-refractivity contribution in [1.82, 2.24) is 10.6 Å². The molecule has 1 saturated heterocycles. The van der Waals surface area contributed by atoms with Gasteiger partial charge in [0.05, 0.1) is 12.5 Å². The molecule has 1 aliphatic rings. The maximum Gasteiger partial charge on any atom is 0.322 e. The highest BCUT2D eigenvalue weighted by atomic mass is 16.5. The highest BCUT2D eigenvalue weighted by Crippen LogP contribution is 2.24. The Morgan fingerprint density at radius 3 is 2.47 bits per heavy atom. The number of nitrogens with one attached hydrogen (secondary N) is 2. The molecule has 1 rings (SSSR count). The minimum atomic E-state index is -0.797. The van der Waals surface area contributed by atoms with Gasteiger partial charge in [-0.15, -0.1) is 0 Å². The molecule has 15 heavy (non-hydrogen) atoms. The summed E-state index contributed by atoms with van der Waals surface area (Å²) in [5, 5.41) is 4.54. The molecule has 6 heteroatoms. The largest absolute Gasteiger partial charge is 0.469 e. The molecule has 1 atom stereocenters. The van der Waals surface area contributed by atoms with Crippen LogP contribution in [0.4, 0.5) is 4.79 Å². The van der Waals surface area contributed by atoms with Crippen molar-refractivity contribution in [3.05, 3.63) is 0 Å². The van der Waals surface area contributed by atoms with E-state index in [9.17, 15) is 14.4 Å². The Bertz CT molecular complexity index is 311. The first-order valence-electron chi connectivity index (χ1n) is 4.56. The predicted molar refractivity (Wildman–Crippen MR) is 50.9 cm³/mol. The van der Waals surface area contributed by atoms with Crippen molar-refractivity contribution in [2.45, 2.75) is 26.3 Å². The number of carbonyl (C=O) groups excluding carboxylic acids is 3. The van der Waals surface area contributed by atoms with Crippen LogP contribution < -0.4 is 10.6 Å². The third-order valence-electron chi connectivity index (χ3n) is 2.31. The molecule has 1 aliphatic heterocycles. The molecule has 0 aliphatic carbocycles. The Labute approximate surface area is 87.4 Å². The van der Waals surface area contributed by atoms with Gasteiger partial charge in [-0.05, 0) is 20.3 Å². The van der Waals surface area contributed by atoms with Gasteiger partial charge < -0.3 is 10.1 Å². The summed E-state index contributed by atoms with van der Waals surface area (Å²) in [5.41, 5.74) is -0.797. The van der Waals surface area contributed by atoms with Crippen LogP contribution in [0.2, 0.25) is 0 Å². The summed E-state index contributed by atoms with van der Waals surface area (Å²) in [6.45, 7) is 3.33. The molecule has 3 amide bonds. The molecule has 1 unspecified atom stereocenters. The van der Waals surface area contributed by atoms with Crippen LogP contribution in [-0.4, -0.2) is 31.1 Å². The average Bonchev–Trinajstić information content (AvgIpc) is 2.43. The molecule has 6 nitrogen and oxygen atoms in total. The zero-order chi connectivity index (χ0) is 11.6. The van der Waals surface area contributed by atoms with Crippen LogP contribution in [0.3, 0.4) is 0 Å². The van der Waals surface area contributed by atoms with Crippen LogP contribution in [0.5, 0.6) is 0 Å². The van der Waals surface area contributed by atoms with E-state index in [-0.39, 0.29) is 6.42 Å². The number of rotatable bonds is 3. The topological polar surface area (TPSA) is 84.5 Å². The number of ether oxygens (including phenoxy) is 1. The molecule has 0 aromatic rings. The molecule has 84 valence electrons. The van der Waals surface area contributed by atoms with Crippen molar-refractivity contribution in [3.63, 3.8) is 0 Å². The van der Waals surface area contributed by atoms with Crippen molar-refractivity contribution in [2.75, 3.05) is 7.11 Å². The molecule has 0 aromatic heterocycles. The minimum Gasteiger partial charge on any atom is -0.469 e. The molecule has 0 aromatic carbocycles. The Morgan fingerprint density at radius 1 is 1.47 bits per heavy atom. The summed E-state index contributed by atoms with van der Waals surface area (Å²) >= 11 is 0. The van der Waals surface area contributed by atoms with Crippen LogP contribution in [0.1, 0.15) is 20.3 Å². The maximum atomic E-state index is 11.3. The first-order chi connectivity index (χ1) is 6.86. The van der Waals surface area contributed by atoms with Gasteiger partial charge in [0, 0.05) is 0 Å². The Kier molecular flexibility index (Phi) is 2.97. The smallest absolute Gasteiger partial charge is 0.322 e. The van der Waals surface area contributed by atoms with E-state index in [4.69, 9.17) is 0 Å². The van der Waals surface area contributed by atoms with Gasteiger partial charge in [-0.2, -0.15) is 0 Å². The fraction of sp³-hybridized carbons (Fsp3) is 0.667. The van der Waals surface area contributed by atoms with Crippen LogP contribution in [0.25, 0.3) is 0 Å². The number of imide groups is 1. The van der Waals surface area contributed by atoms with E-state index in [1.807, 2.05) is 0 Å². The van der Waals surface area contributed by atoms with Gasteiger partial charge in [-0.3, -0.25) is 14.9 Å². The number of urea groups is 1. The van der Waals surface area contributed by atoms with Gasteiger partial charge in [0.2, 0.25) is 0 Å². The monoisotopic (exact) mass is 214 g/mol. The molecule has 2 N–H and O–H groups in total. The molecule has 0 radical (unpaired) electrons. The van der Waals surface area contributed by atoms with Crippen LogP contribution in [-0.2, 0) is 14.3 Å². The van der Waals surface area contributed by atoms with Crippen molar-refractivity contribution < 1.29 is 19.1 Å². The normalized spacial score (nSPS) is 20.9. The summed E-state index contributed by atoms with van der Waals surface area (Å²) in [6, 6.07) is -1.18. The van der Waals surface area contributed by atoms with Crippen molar-refractivity contribution in [1.29, 1.82) is 0 Å². The van der Waals surface area contributed by atoms with Gasteiger partial charge in [0.15, 0.2) is 0 Å². The molecule has 1 fully saturated rings. The van der Waals surface area contributed by atoms with Gasteiger partial charge in [0.25, 0.3) is 5.91 Å². The summed E-state index contributed by atoms with van der Waals surface area (Å²) in [4.78, 5) is 33.4. The summed E-state index contributed by atoms with van der Waals surface area (Å²) in [5.74, 6) is -0.812. The fourth-order valence-electron chi connectivity index (χ4n) is 1.47. The fourth-order valence-corrected chi connectivity index (χ4v) is 1.47. The standard InChI is InChI=1S/C9H14N2O4/c1-9(2,7(13)15-3)4-5-6(12)11-8(14)10-5/h5H,4H2,1-3H3,(H2,10,11,12,14). The number of hydrogen-bond acceptors (Lipinski definition) is 4. The molecule has 1 heterocycles. The van der Waals surface area contributed by atoms with E-state index < -0.39 is 29.4 Å². The summed E-state index contributed by atoms with van der Waals surface area (Å²) in [7, 11) is 1.29. The first kappa shape index (κ1) is 11.5. The maximum absolute atomic E-state index is 11.3. The second-order valence-corrected chi connectivity index (χ2v) is 4.09. The van der Waals surface area contributed by atoms with Crippen LogP contribution in [0.15, 0.2) is 0 Å². The van der Waals surface area contributed by atoms with E-state index in [0.717, 1.165) is 0 Å². The highest BCUT2D eigenvalue weighted by Gasteiger charge is 2.38. The lowest BCUT2D eigenvalue weighted by Gasteiger charge is -2.23. The Hall–Kier alpha value is -1.59. The second kappa shape index (κ2) is 3.88. The Balaban J connectivity index is 2.65. The average molecular weight is 214 g/mol. The predicted octanol–water partition coefficient (Wildman–Crippen LogP) is -0.216. The minimum absolute atomic E-state index is 0.219. The van der Waals surface area contributed by atoms with E-state index in [2.05, 4.69) is 15.4 Å². The summed E-state index contributed by atoms with van der Waals surface area (Å²) in [6.07, 6.45) is 0.219. The van der Waals surface area contributed by atoms with Gasteiger partial charge in [-0.25, -0.2) is 4.79 Å². The van der Waals surface area contributed by atoms with E-state index in [0.29, 0.717) is 0 Å². The highest BCUT2D eigenvalue weighted by molar-refractivity contribution is 6.04. The van der Waals surface area contributed by atoms with Crippen molar-refractivity contribution in [3.8, 4) is 0 Å². The molecule has 0 spiro atoms. The van der Waals surface area contributed by atoms with Crippen molar-refractivity contribution in [2.24, 2.45) is 5.41 Å². The van der Waals surface area contributed by atoms with Crippen LogP contribution in [0, 0.1) is 5.41 Å². The molecular weight excluding hydrogens is 200 g/mol. The first-order valence-corrected chi connectivity index (χ1v) is 4.56. The second-order valence-electron chi connectivity index (χ2n) is 4.09. The Morgan fingerprint density at radius 2 is 2.07 bits per heavy atom. The zero-order valence-corrected chi connectivity index (χ0v) is 8.92. The zero-order valence-electron chi connectivity index (χ0n) is 8.92. The van der Waals surface area contributed by atoms with E-state index in [1.165, 1.54) is 7.11 Å². The molecule has 0 bridgehead atoms. The van der Waals surface area contributed by atoms with E-state index >= 15 is 0 Å². The lowest BCUT2D eigenvalue weighted by atomic mass is 9.86. The van der Waals surface area contributed by atoms with Crippen LogP contribution >= 0.6 is 0 Å².